The second kappa shape index (κ2) is 8.14. The average molecular weight is 369 g/mol. The third-order valence-electron chi connectivity index (χ3n) is 2.58. The van der Waals surface area contributed by atoms with E-state index in [0.717, 1.165) is 6.42 Å². The van der Waals surface area contributed by atoms with Crippen LogP contribution in [0.15, 0.2) is 20.0 Å². The number of hydrogen-bond donors (Lipinski definition) is 2. The summed E-state index contributed by atoms with van der Waals surface area (Å²) in [6, 6.07) is 1.41. The summed E-state index contributed by atoms with van der Waals surface area (Å²) in [7, 11) is -3.61. The third kappa shape index (κ3) is 5.53. The molecule has 3 N–H and O–H groups in total. The highest BCUT2D eigenvalue weighted by atomic mass is 79.9. The lowest BCUT2D eigenvalue weighted by atomic mass is 10.1. The lowest BCUT2D eigenvalue weighted by molar-refractivity contribution is 0.128. The van der Waals surface area contributed by atoms with Crippen molar-refractivity contribution in [2.24, 2.45) is 11.7 Å². The van der Waals surface area contributed by atoms with Crippen LogP contribution < -0.4 is 10.5 Å². The summed E-state index contributed by atoms with van der Waals surface area (Å²) in [5.41, 5.74) is 5.40. The van der Waals surface area contributed by atoms with Crippen LogP contribution in [0.1, 0.15) is 26.0 Å². The molecule has 1 heterocycles. The number of furan rings is 1. The van der Waals surface area contributed by atoms with Crippen molar-refractivity contribution >= 4 is 26.0 Å². The fourth-order valence-electron chi connectivity index (χ4n) is 1.43. The molecule has 0 spiro atoms. The summed E-state index contributed by atoms with van der Waals surface area (Å²) < 4.78 is 37.2. The molecule has 1 rings (SSSR count). The molecule has 0 bridgehead atoms. The molecule has 1 aromatic heterocycles. The summed E-state index contributed by atoms with van der Waals surface area (Å²) in [5.74, 6) is 0.980. The van der Waals surface area contributed by atoms with Crippen LogP contribution in [-0.4, -0.2) is 28.2 Å². The first-order valence-corrected chi connectivity index (χ1v) is 8.70. The van der Waals surface area contributed by atoms with E-state index in [9.17, 15) is 8.42 Å². The van der Waals surface area contributed by atoms with Crippen molar-refractivity contribution in [3.05, 3.63) is 16.5 Å². The lowest BCUT2D eigenvalue weighted by Crippen LogP contribution is -2.27. The van der Waals surface area contributed by atoms with Crippen molar-refractivity contribution in [2.75, 3.05) is 19.8 Å². The third-order valence-corrected chi connectivity index (χ3v) is 4.89. The number of nitrogens with one attached hydrogen (secondary N) is 1. The molecule has 1 aromatic rings. The number of ether oxygens (including phenoxy) is 1. The van der Waals surface area contributed by atoms with Crippen LogP contribution >= 0.6 is 15.9 Å². The molecule has 0 amide bonds. The van der Waals surface area contributed by atoms with Gasteiger partial charge in [-0.15, -0.1) is 0 Å². The summed E-state index contributed by atoms with van der Waals surface area (Å²) in [5, 5.41) is 0. The number of halogens is 1. The van der Waals surface area contributed by atoms with E-state index in [4.69, 9.17) is 14.9 Å². The predicted molar refractivity (Wildman–Crippen MR) is 79.8 cm³/mol. The average Bonchev–Trinajstić information content (AvgIpc) is 2.75. The van der Waals surface area contributed by atoms with Gasteiger partial charge in [-0.05, 0) is 28.3 Å². The van der Waals surface area contributed by atoms with Gasteiger partial charge in [-0.25, -0.2) is 13.1 Å². The zero-order valence-corrected chi connectivity index (χ0v) is 14.1. The molecular formula is C12H21BrN2O4S. The Hall–Kier alpha value is -0.410. The highest BCUT2D eigenvalue weighted by Gasteiger charge is 2.21. The van der Waals surface area contributed by atoms with Gasteiger partial charge < -0.3 is 14.9 Å². The van der Waals surface area contributed by atoms with Crippen molar-refractivity contribution < 1.29 is 17.6 Å². The largest absolute Gasteiger partial charge is 0.452 e. The van der Waals surface area contributed by atoms with Crippen LogP contribution in [0.3, 0.4) is 0 Å². The second-order valence-corrected chi connectivity index (χ2v) is 7.20. The van der Waals surface area contributed by atoms with Crippen LogP contribution in [0.4, 0.5) is 0 Å². The molecule has 0 aliphatic rings. The van der Waals surface area contributed by atoms with E-state index in [1.807, 2.05) is 0 Å². The quantitative estimate of drug-likeness (QED) is 0.648. The van der Waals surface area contributed by atoms with E-state index in [1.165, 1.54) is 6.07 Å². The lowest BCUT2D eigenvalue weighted by Gasteiger charge is -2.07. The maximum absolute atomic E-state index is 12.0. The van der Waals surface area contributed by atoms with E-state index in [1.54, 1.807) is 0 Å². The van der Waals surface area contributed by atoms with Crippen molar-refractivity contribution in [1.29, 1.82) is 0 Å². The van der Waals surface area contributed by atoms with E-state index in [2.05, 4.69) is 34.5 Å². The van der Waals surface area contributed by atoms with Gasteiger partial charge in [0.25, 0.3) is 0 Å². The Labute approximate surface area is 128 Å². The topological polar surface area (TPSA) is 94.6 Å². The molecule has 0 aliphatic heterocycles. The van der Waals surface area contributed by atoms with Crippen LogP contribution in [-0.2, 0) is 21.3 Å². The standard InChI is InChI=1S/C12H21BrN2O4S/c1-9(2)3-5-18-6-4-15-20(16,17)11-7-10(8-14)19-12(11)13/h7,9,15H,3-6,8,14H2,1-2H3. The zero-order chi connectivity index (χ0) is 15.2. The van der Waals surface area contributed by atoms with Crippen molar-refractivity contribution in [3.63, 3.8) is 0 Å². The Morgan fingerprint density at radius 2 is 2.15 bits per heavy atom. The van der Waals surface area contributed by atoms with Gasteiger partial charge in [0.15, 0.2) is 4.67 Å². The van der Waals surface area contributed by atoms with E-state index >= 15 is 0 Å². The first kappa shape index (κ1) is 17.6. The van der Waals surface area contributed by atoms with Crippen molar-refractivity contribution in [3.8, 4) is 0 Å². The monoisotopic (exact) mass is 368 g/mol. The highest BCUT2D eigenvalue weighted by Crippen LogP contribution is 2.25. The van der Waals surface area contributed by atoms with Gasteiger partial charge in [-0.1, -0.05) is 13.8 Å². The fraction of sp³-hybridized carbons (Fsp3) is 0.667. The van der Waals surface area contributed by atoms with Gasteiger partial charge in [0, 0.05) is 19.2 Å². The van der Waals surface area contributed by atoms with Crippen LogP contribution in [0.5, 0.6) is 0 Å². The minimum absolute atomic E-state index is 0.0557. The maximum Gasteiger partial charge on any atom is 0.245 e. The molecule has 0 fully saturated rings. The number of hydrogen-bond acceptors (Lipinski definition) is 5. The molecule has 0 aliphatic carbocycles. The summed E-state index contributed by atoms with van der Waals surface area (Å²) >= 11 is 3.07. The smallest absolute Gasteiger partial charge is 0.245 e. The molecule has 0 saturated carbocycles. The number of nitrogens with two attached hydrogens (primary N) is 1. The Kier molecular flexibility index (Phi) is 7.18. The van der Waals surface area contributed by atoms with Crippen LogP contribution in [0, 0.1) is 5.92 Å². The highest BCUT2D eigenvalue weighted by molar-refractivity contribution is 9.10. The number of sulfonamides is 1. The molecule has 0 atom stereocenters. The summed E-state index contributed by atoms with van der Waals surface area (Å²) in [6.07, 6.45) is 0.958. The fourth-order valence-corrected chi connectivity index (χ4v) is 3.44. The molecular weight excluding hydrogens is 348 g/mol. The normalized spacial score (nSPS) is 12.2. The molecule has 0 aromatic carbocycles. The minimum Gasteiger partial charge on any atom is -0.452 e. The zero-order valence-electron chi connectivity index (χ0n) is 11.7. The molecule has 0 unspecified atom stereocenters. The second-order valence-electron chi connectivity index (χ2n) is 4.75. The predicted octanol–water partition coefficient (Wildman–Crippen LogP) is 1.84. The van der Waals surface area contributed by atoms with Crippen LogP contribution in [0.2, 0.25) is 0 Å². The summed E-state index contributed by atoms with van der Waals surface area (Å²) in [4.78, 5) is 0.0557. The molecule has 20 heavy (non-hydrogen) atoms. The van der Waals surface area contributed by atoms with Gasteiger partial charge in [-0.2, -0.15) is 0 Å². The Balaban J connectivity index is 2.43. The number of rotatable bonds is 9. The molecule has 116 valence electrons. The van der Waals surface area contributed by atoms with Crippen molar-refractivity contribution in [1.82, 2.24) is 4.72 Å². The van der Waals surface area contributed by atoms with E-state index in [-0.39, 0.29) is 22.7 Å². The molecule has 6 nitrogen and oxygen atoms in total. The van der Waals surface area contributed by atoms with E-state index in [0.29, 0.717) is 24.9 Å². The van der Waals surface area contributed by atoms with Gasteiger partial charge in [0.2, 0.25) is 10.0 Å². The van der Waals surface area contributed by atoms with Gasteiger partial charge in [0.05, 0.1) is 13.2 Å². The van der Waals surface area contributed by atoms with Gasteiger partial charge in [-0.3, -0.25) is 0 Å². The molecule has 0 radical (unpaired) electrons. The van der Waals surface area contributed by atoms with Gasteiger partial charge in [0.1, 0.15) is 10.7 Å². The molecule has 0 saturated heterocycles. The maximum atomic E-state index is 12.0. The van der Waals surface area contributed by atoms with Crippen LogP contribution in [0.25, 0.3) is 0 Å². The first-order chi connectivity index (χ1) is 9.36. The molecule has 8 heteroatoms. The van der Waals surface area contributed by atoms with Gasteiger partial charge >= 0.3 is 0 Å². The Morgan fingerprint density at radius 1 is 1.45 bits per heavy atom. The van der Waals surface area contributed by atoms with Crippen molar-refractivity contribution in [2.45, 2.75) is 31.7 Å². The Morgan fingerprint density at radius 3 is 2.70 bits per heavy atom. The SMILES string of the molecule is CC(C)CCOCCNS(=O)(=O)c1cc(CN)oc1Br. The minimum atomic E-state index is -3.61. The van der Waals surface area contributed by atoms with E-state index < -0.39 is 10.0 Å². The summed E-state index contributed by atoms with van der Waals surface area (Å²) in [6.45, 7) is 5.55. The first-order valence-electron chi connectivity index (χ1n) is 6.42. The Bertz CT molecular complexity index is 514.